The topological polar surface area (TPSA) is 57.5 Å². The number of halogens is 1. The molecule has 0 spiro atoms. The summed E-state index contributed by atoms with van der Waals surface area (Å²) in [7, 11) is 0. The second kappa shape index (κ2) is 14.6. The number of aryl methyl sites for hydroxylation is 2. The molecule has 0 saturated heterocycles. The number of benzene rings is 1. The number of nitrogens with zero attached hydrogens (tertiary/aromatic N) is 4. The third-order valence-electron chi connectivity index (χ3n) is 5.39. The van der Waals surface area contributed by atoms with E-state index in [1.165, 1.54) is 18.5 Å². The molecule has 0 aliphatic heterocycles. The van der Waals surface area contributed by atoms with Crippen molar-refractivity contribution in [2.75, 3.05) is 32.7 Å². The summed E-state index contributed by atoms with van der Waals surface area (Å²) < 4.78 is 2.29. The minimum atomic E-state index is 0. The molecule has 2 N–H and O–H groups in total. The maximum Gasteiger partial charge on any atom is 0.191 e. The average Bonchev–Trinajstić information content (AvgIpc) is 3.03. The van der Waals surface area contributed by atoms with Crippen molar-refractivity contribution in [3.63, 3.8) is 0 Å². The number of fused-ring (bicyclic) bond motifs is 1. The molecule has 2 aromatic rings. The van der Waals surface area contributed by atoms with E-state index in [-0.39, 0.29) is 24.0 Å². The van der Waals surface area contributed by atoms with Crippen LogP contribution in [0, 0.1) is 6.92 Å². The van der Waals surface area contributed by atoms with Crippen LogP contribution in [-0.4, -0.2) is 59.2 Å². The molecule has 1 atom stereocenters. The van der Waals surface area contributed by atoms with Gasteiger partial charge in [0.1, 0.15) is 5.82 Å². The normalized spacial score (nSPS) is 12.8. The second-order valence-electron chi connectivity index (χ2n) is 7.63. The molecule has 6 nitrogen and oxygen atoms in total. The Hall–Kier alpha value is -1.35. The van der Waals surface area contributed by atoms with Crippen molar-refractivity contribution in [2.45, 2.75) is 66.5 Å². The van der Waals surface area contributed by atoms with Gasteiger partial charge in [-0.3, -0.25) is 4.99 Å². The Morgan fingerprint density at radius 2 is 1.90 bits per heavy atom. The van der Waals surface area contributed by atoms with Crippen LogP contribution < -0.4 is 10.6 Å². The first-order chi connectivity index (χ1) is 14.1. The molecule has 2 rings (SSSR count). The van der Waals surface area contributed by atoms with Crippen LogP contribution in [0.25, 0.3) is 11.0 Å². The number of guanidine groups is 1. The van der Waals surface area contributed by atoms with Gasteiger partial charge in [0.25, 0.3) is 0 Å². The molecular weight excluding hydrogens is 487 g/mol. The van der Waals surface area contributed by atoms with E-state index in [9.17, 15) is 0 Å². The Kier molecular flexibility index (Phi) is 13.0. The number of imidazole rings is 1. The van der Waals surface area contributed by atoms with Gasteiger partial charge in [-0.25, -0.2) is 4.98 Å². The predicted octanol–water partition coefficient (Wildman–Crippen LogP) is 4.42. The highest BCUT2D eigenvalue weighted by molar-refractivity contribution is 14.0. The van der Waals surface area contributed by atoms with Crippen LogP contribution in [0.3, 0.4) is 0 Å². The summed E-state index contributed by atoms with van der Waals surface area (Å²) in [4.78, 5) is 11.9. The molecule has 0 fully saturated rings. The van der Waals surface area contributed by atoms with E-state index in [1.54, 1.807) is 0 Å². The summed E-state index contributed by atoms with van der Waals surface area (Å²) in [5.74, 6) is 2.00. The van der Waals surface area contributed by atoms with Crippen LogP contribution in [0.4, 0.5) is 0 Å². The van der Waals surface area contributed by atoms with E-state index >= 15 is 0 Å². The number of nitrogens with one attached hydrogen (secondary N) is 2. The Morgan fingerprint density at radius 3 is 2.60 bits per heavy atom. The Labute approximate surface area is 199 Å². The lowest BCUT2D eigenvalue weighted by Crippen LogP contribution is -2.42. The highest BCUT2D eigenvalue weighted by atomic mass is 127. The van der Waals surface area contributed by atoms with E-state index in [0.29, 0.717) is 6.04 Å². The first-order valence-electron chi connectivity index (χ1n) is 11.3. The summed E-state index contributed by atoms with van der Waals surface area (Å²) in [5, 5.41) is 6.94. The van der Waals surface area contributed by atoms with Crippen LogP contribution in [-0.2, 0) is 6.54 Å². The van der Waals surface area contributed by atoms with Crippen molar-refractivity contribution < 1.29 is 0 Å². The molecule has 0 bridgehead atoms. The summed E-state index contributed by atoms with van der Waals surface area (Å²) in [6, 6.07) is 8.76. The first kappa shape index (κ1) is 26.7. The van der Waals surface area contributed by atoms with E-state index in [1.807, 2.05) is 6.07 Å². The van der Waals surface area contributed by atoms with Crippen LogP contribution >= 0.6 is 24.0 Å². The van der Waals surface area contributed by atoms with E-state index in [2.05, 4.69) is 77.9 Å². The van der Waals surface area contributed by atoms with Gasteiger partial charge in [0.05, 0.1) is 11.0 Å². The predicted molar refractivity (Wildman–Crippen MR) is 140 cm³/mol. The molecule has 1 aromatic heterocycles. The fourth-order valence-corrected chi connectivity index (χ4v) is 3.68. The zero-order valence-electron chi connectivity index (χ0n) is 19.4. The zero-order chi connectivity index (χ0) is 21.1. The molecule has 7 heteroatoms. The number of rotatable bonds is 12. The lowest BCUT2D eigenvalue weighted by Gasteiger charge is -2.21. The van der Waals surface area contributed by atoms with Gasteiger partial charge in [0, 0.05) is 25.7 Å². The number of aliphatic imine (C=N–C) groups is 1. The lowest BCUT2D eigenvalue weighted by molar-refractivity contribution is 0.292. The average molecular weight is 529 g/mol. The quantitative estimate of drug-likeness (QED) is 0.185. The molecule has 0 saturated carbocycles. The highest BCUT2D eigenvalue weighted by Gasteiger charge is 2.08. The van der Waals surface area contributed by atoms with E-state index in [4.69, 9.17) is 4.99 Å². The monoisotopic (exact) mass is 528 g/mol. The molecule has 0 aliphatic rings. The summed E-state index contributed by atoms with van der Waals surface area (Å²) in [6.07, 6.45) is 3.36. The standard InChI is InChI=1S/C23H40N6.HI/c1-6-24-23(26-19(4)13-11-17-28(7-2)8-3)25-16-12-18-29-20(5)27-21-14-9-10-15-22(21)29;/h9-10,14-15,19H,6-8,11-13,16-18H2,1-5H3,(H2,24,25,26);1H. The van der Waals surface area contributed by atoms with Crippen molar-refractivity contribution in [1.82, 2.24) is 25.1 Å². The molecular formula is C23H41IN6. The molecule has 0 amide bonds. The summed E-state index contributed by atoms with van der Waals surface area (Å²) >= 11 is 0. The first-order valence-corrected chi connectivity index (χ1v) is 11.3. The Balaban J connectivity index is 0.00000450. The molecule has 1 unspecified atom stereocenters. The highest BCUT2D eigenvalue weighted by Crippen LogP contribution is 2.15. The summed E-state index contributed by atoms with van der Waals surface area (Å²) in [6.45, 7) is 17.0. The molecule has 30 heavy (non-hydrogen) atoms. The minimum absolute atomic E-state index is 0. The Bertz CT molecular complexity index is 753. The third-order valence-corrected chi connectivity index (χ3v) is 5.39. The SMILES string of the molecule is CCNC(=NCCCn1c(C)nc2ccccc21)NC(C)CCCN(CC)CC.I. The maximum absolute atomic E-state index is 4.79. The van der Waals surface area contributed by atoms with Crippen molar-refractivity contribution in [1.29, 1.82) is 0 Å². The molecule has 170 valence electrons. The number of para-hydroxylation sites is 2. The zero-order valence-corrected chi connectivity index (χ0v) is 21.8. The fourth-order valence-electron chi connectivity index (χ4n) is 3.68. The van der Waals surface area contributed by atoms with Gasteiger partial charge >= 0.3 is 0 Å². The maximum atomic E-state index is 4.79. The van der Waals surface area contributed by atoms with Crippen LogP contribution in [0.2, 0.25) is 0 Å². The van der Waals surface area contributed by atoms with Crippen molar-refractivity contribution in [2.24, 2.45) is 4.99 Å². The molecule has 0 radical (unpaired) electrons. The second-order valence-corrected chi connectivity index (χ2v) is 7.63. The van der Waals surface area contributed by atoms with Crippen LogP contribution in [0.5, 0.6) is 0 Å². The van der Waals surface area contributed by atoms with Gasteiger partial charge in [-0.05, 0) is 71.8 Å². The third kappa shape index (κ3) is 8.41. The minimum Gasteiger partial charge on any atom is -0.357 e. The van der Waals surface area contributed by atoms with Crippen molar-refractivity contribution in [3.8, 4) is 0 Å². The number of hydrogen-bond donors (Lipinski definition) is 2. The van der Waals surface area contributed by atoms with Crippen LogP contribution in [0.15, 0.2) is 29.3 Å². The lowest BCUT2D eigenvalue weighted by atomic mass is 10.2. The van der Waals surface area contributed by atoms with Crippen molar-refractivity contribution in [3.05, 3.63) is 30.1 Å². The number of hydrogen-bond acceptors (Lipinski definition) is 3. The van der Waals surface area contributed by atoms with Gasteiger partial charge < -0.3 is 20.1 Å². The fraction of sp³-hybridized carbons (Fsp3) is 0.652. The van der Waals surface area contributed by atoms with Crippen LogP contribution in [0.1, 0.15) is 52.8 Å². The largest absolute Gasteiger partial charge is 0.357 e. The van der Waals surface area contributed by atoms with Gasteiger partial charge in [-0.15, -0.1) is 24.0 Å². The van der Waals surface area contributed by atoms with Crippen molar-refractivity contribution >= 4 is 41.0 Å². The summed E-state index contributed by atoms with van der Waals surface area (Å²) in [5.41, 5.74) is 2.28. The molecule has 0 aliphatic carbocycles. The van der Waals surface area contributed by atoms with E-state index in [0.717, 1.165) is 62.9 Å². The molecule has 1 heterocycles. The Morgan fingerprint density at radius 1 is 1.17 bits per heavy atom. The van der Waals surface area contributed by atoms with Gasteiger partial charge in [0.15, 0.2) is 5.96 Å². The van der Waals surface area contributed by atoms with Gasteiger partial charge in [0.2, 0.25) is 0 Å². The number of aromatic nitrogens is 2. The smallest absolute Gasteiger partial charge is 0.191 e. The van der Waals surface area contributed by atoms with Gasteiger partial charge in [-0.2, -0.15) is 0 Å². The van der Waals surface area contributed by atoms with E-state index < -0.39 is 0 Å². The molecule has 1 aromatic carbocycles. The van der Waals surface area contributed by atoms with Gasteiger partial charge in [-0.1, -0.05) is 26.0 Å².